The summed E-state index contributed by atoms with van der Waals surface area (Å²) in [5, 5.41) is 14.6. The third kappa shape index (κ3) is 2.04. The minimum absolute atomic E-state index is 0.182. The SMILES string of the molecule is C[C@H](O)c1ccc2c(c1)NC(=O)CC(=O)N2. The summed E-state index contributed by atoms with van der Waals surface area (Å²) in [5.74, 6) is -0.681. The summed E-state index contributed by atoms with van der Waals surface area (Å²) in [6.07, 6.45) is -0.792. The van der Waals surface area contributed by atoms with Gasteiger partial charge in [0.25, 0.3) is 0 Å². The largest absolute Gasteiger partial charge is 0.389 e. The molecule has 2 rings (SSSR count). The summed E-state index contributed by atoms with van der Waals surface area (Å²) >= 11 is 0. The van der Waals surface area contributed by atoms with Crippen LogP contribution >= 0.6 is 0 Å². The Balaban J connectivity index is 2.42. The fourth-order valence-electron chi connectivity index (χ4n) is 1.57. The van der Waals surface area contributed by atoms with Crippen LogP contribution < -0.4 is 10.6 Å². The van der Waals surface area contributed by atoms with Gasteiger partial charge in [-0.05, 0) is 24.6 Å². The maximum absolute atomic E-state index is 11.3. The van der Waals surface area contributed by atoms with Gasteiger partial charge in [-0.15, -0.1) is 0 Å². The predicted octanol–water partition coefficient (Wildman–Crippen LogP) is 1.02. The second-order valence-electron chi connectivity index (χ2n) is 3.75. The summed E-state index contributed by atoms with van der Waals surface area (Å²) in [7, 11) is 0. The average Bonchev–Trinajstić information content (AvgIpc) is 2.32. The normalized spacial score (nSPS) is 16.9. The number of amides is 2. The smallest absolute Gasteiger partial charge is 0.233 e. The molecule has 1 atom stereocenters. The average molecular weight is 220 g/mol. The van der Waals surface area contributed by atoms with Crippen LogP contribution in [0.3, 0.4) is 0 Å². The zero-order valence-electron chi connectivity index (χ0n) is 8.78. The molecule has 1 heterocycles. The highest BCUT2D eigenvalue weighted by atomic mass is 16.3. The Bertz CT molecular complexity index is 455. The molecule has 0 saturated carbocycles. The van der Waals surface area contributed by atoms with Gasteiger partial charge in [-0.1, -0.05) is 6.07 Å². The van der Waals surface area contributed by atoms with E-state index in [2.05, 4.69) is 10.6 Å². The summed E-state index contributed by atoms with van der Waals surface area (Å²) in [4.78, 5) is 22.6. The van der Waals surface area contributed by atoms with Gasteiger partial charge >= 0.3 is 0 Å². The molecule has 0 bridgehead atoms. The Hall–Kier alpha value is -1.88. The van der Waals surface area contributed by atoms with Gasteiger partial charge < -0.3 is 15.7 Å². The molecule has 84 valence electrons. The highest BCUT2D eigenvalue weighted by Crippen LogP contribution is 2.28. The Morgan fingerprint density at radius 1 is 1.19 bits per heavy atom. The van der Waals surface area contributed by atoms with Gasteiger partial charge in [-0.3, -0.25) is 9.59 Å². The molecule has 2 amide bonds. The molecule has 1 aliphatic heterocycles. The van der Waals surface area contributed by atoms with Crippen molar-refractivity contribution in [2.24, 2.45) is 0 Å². The van der Waals surface area contributed by atoms with Crippen molar-refractivity contribution < 1.29 is 14.7 Å². The van der Waals surface area contributed by atoms with Crippen molar-refractivity contribution in [2.75, 3.05) is 10.6 Å². The molecule has 1 aromatic carbocycles. The maximum atomic E-state index is 11.3. The van der Waals surface area contributed by atoms with Crippen LogP contribution in [0.15, 0.2) is 18.2 Å². The third-order valence-corrected chi connectivity index (χ3v) is 2.40. The molecule has 0 spiro atoms. The Morgan fingerprint density at radius 3 is 2.44 bits per heavy atom. The molecule has 16 heavy (non-hydrogen) atoms. The molecule has 1 aromatic rings. The molecule has 0 unspecified atom stereocenters. The van der Waals surface area contributed by atoms with Crippen LogP contribution in [-0.2, 0) is 9.59 Å². The lowest BCUT2D eigenvalue weighted by Gasteiger charge is -2.10. The first-order valence-corrected chi connectivity index (χ1v) is 4.98. The van der Waals surface area contributed by atoms with E-state index in [1.807, 2.05) is 0 Å². The molecular weight excluding hydrogens is 208 g/mol. The molecule has 0 aromatic heterocycles. The van der Waals surface area contributed by atoms with Crippen molar-refractivity contribution in [1.82, 2.24) is 0 Å². The molecule has 0 fully saturated rings. The van der Waals surface area contributed by atoms with Gasteiger partial charge in [0.05, 0.1) is 17.5 Å². The number of hydrogen-bond donors (Lipinski definition) is 3. The minimum atomic E-state index is -0.610. The number of carbonyl (C=O) groups excluding carboxylic acids is 2. The second kappa shape index (κ2) is 3.94. The van der Waals surface area contributed by atoms with E-state index in [1.54, 1.807) is 25.1 Å². The number of aliphatic hydroxyl groups is 1. The fraction of sp³-hybridized carbons (Fsp3) is 0.273. The van der Waals surface area contributed by atoms with Crippen molar-refractivity contribution in [3.05, 3.63) is 23.8 Å². The van der Waals surface area contributed by atoms with Crippen LogP contribution in [0.25, 0.3) is 0 Å². The minimum Gasteiger partial charge on any atom is -0.389 e. The van der Waals surface area contributed by atoms with Gasteiger partial charge in [0, 0.05) is 0 Å². The van der Waals surface area contributed by atoms with Crippen LogP contribution in [-0.4, -0.2) is 16.9 Å². The van der Waals surface area contributed by atoms with Crippen molar-refractivity contribution in [2.45, 2.75) is 19.4 Å². The van der Waals surface area contributed by atoms with Gasteiger partial charge in [-0.2, -0.15) is 0 Å². The fourth-order valence-corrected chi connectivity index (χ4v) is 1.57. The third-order valence-electron chi connectivity index (χ3n) is 2.40. The molecular formula is C11H12N2O3. The van der Waals surface area contributed by atoms with Crippen LogP contribution in [0.1, 0.15) is 25.0 Å². The van der Waals surface area contributed by atoms with Gasteiger partial charge in [0.15, 0.2) is 0 Å². The first-order valence-electron chi connectivity index (χ1n) is 4.98. The number of fused-ring (bicyclic) bond motifs is 1. The predicted molar refractivity (Wildman–Crippen MR) is 59.0 cm³/mol. The standard InChI is InChI=1S/C11H12N2O3/c1-6(14)7-2-3-8-9(4-7)13-11(16)5-10(15)12-8/h2-4,6,14H,5H2,1H3,(H,12,15)(H,13,16)/t6-/m0/s1. The van der Waals surface area contributed by atoms with E-state index >= 15 is 0 Å². The van der Waals surface area contributed by atoms with E-state index in [-0.39, 0.29) is 18.2 Å². The van der Waals surface area contributed by atoms with E-state index in [4.69, 9.17) is 0 Å². The Labute approximate surface area is 92.5 Å². The molecule has 1 aliphatic rings. The van der Waals surface area contributed by atoms with E-state index in [1.165, 1.54) is 0 Å². The lowest BCUT2D eigenvalue weighted by molar-refractivity contribution is -0.123. The molecule has 5 nitrogen and oxygen atoms in total. The number of carbonyl (C=O) groups is 2. The number of rotatable bonds is 1. The van der Waals surface area contributed by atoms with E-state index < -0.39 is 6.10 Å². The molecule has 0 radical (unpaired) electrons. The van der Waals surface area contributed by atoms with E-state index in [0.29, 0.717) is 16.9 Å². The van der Waals surface area contributed by atoms with Gasteiger partial charge in [0.1, 0.15) is 6.42 Å². The zero-order chi connectivity index (χ0) is 11.7. The monoisotopic (exact) mass is 220 g/mol. The molecule has 0 saturated heterocycles. The van der Waals surface area contributed by atoms with Crippen LogP contribution in [0.2, 0.25) is 0 Å². The highest BCUT2D eigenvalue weighted by molar-refractivity contribution is 6.13. The van der Waals surface area contributed by atoms with E-state index in [9.17, 15) is 14.7 Å². The maximum Gasteiger partial charge on any atom is 0.233 e. The van der Waals surface area contributed by atoms with Crippen molar-refractivity contribution in [3.8, 4) is 0 Å². The molecule has 5 heteroatoms. The van der Waals surface area contributed by atoms with Crippen LogP contribution in [0.4, 0.5) is 11.4 Å². The lowest BCUT2D eigenvalue weighted by atomic mass is 10.1. The summed E-state index contributed by atoms with van der Waals surface area (Å²) in [6, 6.07) is 5.03. The number of hydrogen-bond acceptors (Lipinski definition) is 3. The summed E-state index contributed by atoms with van der Waals surface area (Å²) in [5.41, 5.74) is 1.77. The van der Waals surface area contributed by atoms with Crippen molar-refractivity contribution in [3.63, 3.8) is 0 Å². The quantitative estimate of drug-likeness (QED) is 0.618. The second-order valence-corrected chi connectivity index (χ2v) is 3.75. The number of anilines is 2. The Morgan fingerprint density at radius 2 is 1.81 bits per heavy atom. The van der Waals surface area contributed by atoms with Crippen molar-refractivity contribution >= 4 is 23.2 Å². The highest BCUT2D eigenvalue weighted by Gasteiger charge is 2.18. The lowest BCUT2D eigenvalue weighted by Crippen LogP contribution is -2.16. The molecule has 0 aliphatic carbocycles. The number of benzene rings is 1. The van der Waals surface area contributed by atoms with E-state index in [0.717, 1.165) is 0 Å². The van der Waals surface area contributed by atoms with Gasteiger partial charge in [0.2, 0.25) is 11.8 Å². The Kier molecular flexibility index (Phi) is 2.62. The zero-order valence-corrected chi connectivity index (χ0v) is 8.78. The van der Waals surface area contributed by atoms with Crippen molar-refractivity contribution in [1.29, 1.82) is 0 Å². The first-order chi connectivity index (χ1) is 7.56. The topological polar surface area (TPSA) is 78.4 Å². The number of aliphatic hydroxyl groups excluding tert-OH is 1. The molecule has 3 N–H and O–H groups in total. The van der Waals surface area contributed by atoms with Crippen LogP contribution in [0, 0.1) is 0 Å². The first kappa shape index (κ1) is 10.6. The number of nitrogens with one attached hydrogen (secondary N) is 2. The summed E-state index contributed by atoms with van der Waals surface area (Å²) in [6.45, 7) is 1.64. The van der Waals surface area contributed by atoms with Crippen LogP contribution in [0.5, 0.6) is 0 Å². The summed E-state index contributed by atoms with van der Waals surface area (Å²) < 4.78 is 0. The van der Waals surface area contributed by atoms with Gasteiger partial charge in [-0.25, -0.2) is 0 Å².